The van der Waals surface area contributed by atoms with Gasteiger partial charge in [0.1, 0.15) is 5.84 Å². The van der Waals surface area contributed by atoms with Crippen molar-refractivity contribution < 1.29 is 8.42 Å². The molecule has 1 aliphatic carbocycles. The summed E-state index contributed by atoms with van der Waals surface area (Å²) in [5, 5.41) is 4.30. The Bertz CT molecular complexity index is 883. The molecule has 4 rings (SSSR count). The third-order valence-electron chi connectivity index (χ3n) is 4.29. The van der Waals surface area contributed by atoms with Crippen LogP contribution >= 0.6 is 0 Å². The molecule has 0 fully saturated rings. The molecule has 22 heavy (non-hydrogen) atoms. The number of rotatable bonds is 1. The molecule has 1 aromatic heterocycles. The van der Waals surface area contributed by atoms with Crippen LogP contribution in [0.4, 0.5) is 0 Å². The van der Waals surface area contributed by atoms with Gasteiger partial charge in [-0.25, -0.2) is 8.42 Å². The molecule has 2 aliphatic rings. The van der Waals surface area contributed by atoms with Crippen molar-refractivity contribution in [1.82, 2.24) is 14.5 Å². The molecule has 2 heterocycles. The minimum absolute atomic E-state index is 0.0405. The lowest BCUT2D eigenvalue weighted by Gasteiger charge is -2.19. The topological polar surface area (TPSA) is 76.3 Å². The summed E-state index contributed by atoms with van der Waals surface area (Å²) in [5.74, 6) is 0.442. The van der Waals surface area contributed by atoms with Gasteiger partial charge in [0.25, 0.3) is 10.0 Å². The number of sulfonamides is 1. The highest BCUT2D eigenvalue weighted by atomic mass is 32.2. The van der Waals surface area contributed by atoms with E-state index in [4.69, 9.17) is 4.99 Å². The van der Waals surface area contributed by atoms with Gasteiger partial charge < -0.3 is 0 Å². The van der Waals surface area contributed by atoms with Crippen LogP contribution in [0.2, 0.25) is 0 Å². The molecule has 0 amide bonds. The van der Waals surface area contributed by atoms with Gasteiger partial charge in [-0.1, -0.05) is 12.1 Å². The number of benzene rings is 1. The standard InChI is InChI=1S/C15H16N4O2S/c1-19-13-7-4-6-12(11(13)9-16-19)17-15-10-5-2-3-8-14(10)22(20,21)18-15/h2-3,5,8-9,12H,4,6-7H2,1H3,(H,17,18)/t12-/m1/s1. The quantitative estimate of drug-likeness (QED) is 0.867. The molecule has 7 heteroatoms. The van der Waals surface area contributed by atoms with Crippen LogP contribution in [0.25, 0.3) is 0 Å². The first kappa shape index (κ1) is 13.5. The average Bonchev–Trinajstić information content (AvgIpc) is 3.00. The second-order valence-electron chi connectivity index (χ2n) is 5.66. The fourth-order valence-corrected chi connectivity index (χ4v) is 4.44. The van der Waals surface area contributed by atoms with E-state index in [-0.39, 0.29) is 6.04 Å². The smallest absolute Gasteiger partial charge is 0.263 e. The maximum atomic E-state index is 12.1. The lowest BCUT2D eigenvalue weighted by molar-refractivity contribution is 0.549. The first-order valence-electron chi connectivity index (χ1n) is 7.27. The van der Waals surface area contributed by atoms with Crippen molar-refractivity contribution in [3.63, 3.8) is 0 Å². The van der Waals surface area contributed by atoms with Crippen molar-refractivity contribution in [2.75, 3.05) is 0 Å². The molecule has 0 spiro atoms. The number of fused-ring (bicyclic) bond motifs is 2. The third kappa shape index (κ3) is 1.96. The summed E-state index contributed by atoms with van der Waals surface area (Å²) in [7, 11) is -1.55. The molecule has 6 nitrogen and oxygen atoms in total. The monoisotopic (exact) mass is 316 g/mol. The molecule has 0 unspecified atom stereocenters. The zero-order valence-corrected chi connectivity index (χ0v) is 13.0. The second-order valence-corrected chi connectivity index (χ2v) is 7.31. The van der Waals surface area contributed by atoms with E-state index in [0.717, 1.165) is 24.8 Å². The van der Waals surface area contributed by atoms with Gasteiger partial charge in [0.15, 0.2) is 0 Å². The van der Waals surface area contributed by atoms with Crippen LogP contribution in [0.3, 0.4) is 0 Å². The maximum absolute atomic E-state index is 12.1. The van der Waals surface area contributed by atoms with E-state index >= 15 is 0 Å². The van der Waals surface area contributed by atoms with E-state index in [1.807, 2.05) is 24.0 Å². The van der Waals surface area contributed by atoms with E-state index in [9.17, 15) is 8.42 Å². The number of aliphatic imine (C=N–C) groups is 1. The summed E-state index contributed by atoms with van der Waals surface area (Å²) in [5.41, 5.74) is 2.94. The average molecular weight is 316 g/mol. The van der Waals surface area contributed by atoms with Crippen molar-refractivity contribution >= 4 is 15.9 Å². The molecule has 114 valence electrons. The van der Waals surface area contributed by atoms with Crippen LogP contribution < -0.4 is 4.72 Å². The molecule has 1 aromatic carbocycles. The number of nitrogens with one attached hydrogen (secondary N) is 1. The van der Waals surface area contributed by atoms with Crippen LogP contribution in [-0.2, 0) is 23.5 Å². The molecule has 0 radical (unpaired) electrons. The zero-order chi connectivity index (χ0) is 15.3. The van der Waals surface area contributed by atoms with E-state index in [2.05, 4.69) is 9.82 Å². The van der Waals surface area contributed by atoms with E-state index < -0.39 is 10.0 Å². The van der Waals surface area contributed by atoms with Gasteiger partial charge in [-0.05, 0) is 31.4 Å². The van der Waals surface area contributed by atoms with Crippen LogP contribution in [0.1, 0.15) is 35.7 Å². The first-order chi connectivity index (χ1) is 10.6. The molecule has 1 atom stereocenters. The Balaban J connectivity index is 1.80. The largest absolute Gasteiger partial charge is 0.272 e. The predicted octanol–water partition coefficient (Wildman–Crippen LogP) is 1.54. The third-order valence-corrected chi connectivity index (χ3v) is 5.69. The van der Waals surface area contributed by atoms with Crippen molar-refractivity contribution in [2.45, 2.75) is 30.2 Å². The highest BCUT2D eigenvalue weighted by Crippen LogP contribution is 2.33. The van der Waals surface area contributed by atoms with Crippen molar-refractivity contribution in [1.29, 1.82) is 0 Å². The molecule has 2 aromatic rings. The molecule has 0 bridgehead atoms. The Morgan fingerprint density at radius 3 is 3.05 bits per heavy atom. The van der Waals surface area contributed by atoms with Crippen molar-refractivity contribution in [3.8, 4) is 0 Å². The number of aromatic nitrogens is 2. The summed E-state index contributed by atoms with van der Waals surface area (Å²) < 4.78 is 28.8. The number of hydrogen-bond acceptors (Lipinski definition) is 4. The summed E-state index contributed by atoms with van der Waals surface area (Å²) in [6.07, 6.45) is 4.78. The van der Waals surface area contributed by atoms with Crippen molar-refractivity contribution in [2.24, 2.45) is 12.0 Å². The minimum Gasteiger partial charge on any atom is -0.272 e. The van der Waals surface area contributed by atoms with E-state index in [1.165, 1.54) is 5.69 Å². The number of amidine groups is 1. The summed E-state index contributed by atoms with van der Waals surface area (Å²) in [4.78, 5) is 5.00. The van der Waals surface area contributed by atoms with E-state index in [0.29, 0.717) is 16.3 Å². The van der Waals surface area contributed by atoms with Crippen LogP contribution in [0.5, 0.6) is 0 Å². The summed E-state index contributed by atoms with van der Waals surface area (Å²) >= 11 is 0. The Hall–Kier alpha value is -2.15. The van der Waals surface area contributed by atoms with Gasteiger partial charge >= 0.3 is 0 Å². The molecule has 1 N–H and O–H groups in total. The first-order valence-corrected chi connectivity index (χ1v) is 8.75. The normalized spacial score (nSPS) is 23.9. The lowest BCUT2D eigenvalue weighted by atomic mass is 9.93. The number of aryl methyl sites for hydroxylation is 1. The highest BCUT2D eigenvalue weighted by molar-refractivity contribution is 7.90. The van der Waals surface area contributed by atoms with Crippen molar-refractivity contribution in [3.05, 3.63) is 47.3 Å². The predicted molar refractivity (Wildman–Crippen MR) is 82.2 cm³/mol. The molecule has 0 saturated carbocycles. The van der Waals surface area contributed by atoms with Crippen LogP contribution in [0, 0.1) is 0 Å². The number of nitrogens with zero attached hydrogens (tertiary/aromatic N) is 3. The molecule has 0 saturated heterocycles. The van der Waals surface area contributed by atoms with Gasteiger partial charge in [0, 0.05) is 23.9 Å². The fraction of sp³-hybridized carbons (Fsp3) is 0.333. The van der Waals surface area contributed by atoms with Gasteiger partial charge in [0.2, 0.25) is 0 Å². The maximum Gasteiger partial charge on any atom is 0.263 e. The summed E-state index contributed by atoms with van der Waals surface area (Å²) in [6.45, 7) is 0. The Morgan fingerprint density at radius 2 is 2.18 bits per heavy atom. The molecule has 1 aliphatic heterocycles. The highest BCUT2D eigenvalue weighted by Gasteiger charge is 2.32. The molecular formula is C15H16N4O2S. The van der Waals surface area contributed by atoms with Gasteiger partial charge in [0.05, 0.1) is 17.1 Å². The van der Waals surface area contributed by atoms with Gasteiger partial charge in [-0.3, -0.25) is 14.4 Å². The minimum atomic E-state index is -3.48. The Morgan fingerprint density at radius 1 is 1.36 bits per heavy atom. The summed E-state index contributed by atoms with van der Waals surface area (Å²) in [6, 6.07) is 6.91. The Labute approximate surface area is 128 Å². The lowest BCUT2D eigenvalue weighted by Crippen LogP contribution is -2.23. The zero-order valence-electron chi connectivity index (χ0n) is 12.2. The van der Waals surface area contributed by atoms with Gasteiger partial charge in [-0.15, -0.1) is 0 Å². The second kappa shape index (κ2) is 4.67. The van der Waals surface area contributed by atoms with Crippen LogP contribution in [-0.4, -0.2) is 24.0 Å². The number of hydrogen-bond donors (Lipinski definition) is 1. The Kier molecular flexibility index (Phi) is 2.87. The van der Waals surface area contributed by atoms with Gasteiger partial charge in [-0.2, -0.15) is 5.10 Å². The fourth-order valence-electron chi connectivity index (χ4n) is 3.20. The SMILES string of the molecule is Cn1ncc2c1CCC[C@H]2N=C1NS(=O)(=O)c2ccccc21. The molecular weight excluding hydrogens is 300 g/mol. The van der Waals surface area contributed by atoms with Crippen LogP contribution in [0.15, 0.2) is 40.4 Å². The van der Waals surface area contributed by atoms with E-state index in [1.54, 1.807) is 18.2 Å².